The van der Waals surface area contributed by atoms with Gasteiger partial charge < -0.3 is 15.9 Å². The molecule has 0 atom stereocenters. The number of amides is 1. The number of fused-ring (bicyclic) bond motifs is 1. The molecule has 0 unspecified atom stereocenters. The molecular formula is C9H7FN2O2. The van der Waals surface area contributed by atoms with Crippen molar-refractivity contribution in [1.29, 1.82) is 0 Å². The number of benzene rings is 1. The molecule has 0 saturated carbocycles. The predicted octanol–water partition coefficient (Wildman–Crippen LogP) is 1.25. The lowest BCUT2D eigenvalue weighted by Crippen LogP contribution is -2.11. The highest BCUT2D eigenvalue weighted by Gasteiger charge is 2.19. The highest BCUT2D eigenvalue weighted by molar-refractivity contribution is 5.99. The van der Waals surface area contributed by atoms with Crippen LogP contribution in [0.15, 0.2) is 22.6 Å². The third kappa shape index (κ3) is 1.02. The molecule has 0 spiro atoms. The second kappa shape index (κ2) is 2.73. The fraction of sp³-hybridized carbons (Fsp3) is 0. The Morgan fingerprint density at radius 2 is 2.14 bits per heavy atom. The van der Waals surface area contributed by atoms with Crippen molar-refractivity contribution in [3.05, 3.63) is 29.8 Å². The van der Waals surface area contributed by atoms with Crippen LogP contribution in [0.5, 0.6) is 0 Å². The first kappa shape index (κ1) is 8.55. The van der Waals surface area contributed by atoms with Crippen LogP contribution in [0, 0.1) is 5.82 Å². The van der Waals surface area contributed by atoms with E-state index in [1.807, 2.05) is 0 Å². The van der Waals surface area contributed by atoms with Crippen LogP contribution in [-0.4, -0.2) is 5.91 Å². The van der Waals surface area contributed by atoms with E-state index < -0.39 is 17.5 Å². The standard InChI is InChI=1S/C9H7FN2O2/c10-7-6-4(11)2-1-3-5(6)14-8(7)9(12)13/h1-3H,11H2,(H2,12,13). The molecule has 0 aliphatic rings. The van der Waals surface area contributed by atoms with Crippen molar-refractivity contribution in [2.75, 3.05) is 5.73 Å². The summed E-state index contributed by atoms with van der Waals surface area (Å²) in [5, 5.41) is 0.0984. The fourth-order valence-electron chi connectivity index (χ4n) is 1.29. The number of nitrogen functional groups attached to an aromatic ring is 1. The molecule has 0 radical (unpaired) electrons. The molecule has 1 aromatic heterocycles. The number of anilines is 1. The van der Waals surface area contributed by atoms with Crippen molar-refractivity contribution < 1.29 is 13.6 Å². The molecule has 72 valence electrons. The van der Waals surface area contributed by atoms with Crippen LogP contribution >= 0.6 is 0 Å². The van der Waals surface area contributed by atoms with Crippen LogP contribution in [0.1, 0.15) is 10.6 Å². The quantitative estimate of drug-likeness (QED) is 0.670. The average molecular weight is 194 g/mol. The van der Waals surface area contributed by atoms with Crippen molar-refractivity contribution in [2.24, 2.45) is 5.73 Å². The molecule has 0 saturated heterocycles. The molecule has 0 bridgehead atoms. The van der Waals surface area contributed by atoms with Gasteiger partial charge in [0.05, 0.1) is 5.39 Å². The van der Waals surface area contributed by atoms with E-state index in [0.29, 0.717) is 0 Å². The van der Waals surface area contributed by atoms with Gasteiger partial charge in [-0.25, -0.2) is 4.39 Å². The summed E-state index contributed by atoms with van der Waals surface area (Å²) in [5.41, 5.74) is 10.9. The molecule has 1 aromatic carbocycles. The summed E-state index contributed by atoms with van der Waals surface area (Å²) in [6.45, 7) is 0. The first-order chi connectivity index (χ1) is 6.61. The Labute approximate surface area is 78.3 Å². The van der Waals surface area contributed by atoms with Crippen molar-refractivity contribution in [2.45, 2.75) is 0 Å². The van der Waals surface area contributed by atoms with Gasteiger partial charge >= 0.3 is 0 Å². The molecule has 2 rings (SSSR count). The number of primary amides is 1. The summed E-state index contributed by atoms with van der Waals surface area (Å²) in [6, 6.07) is 4.64. The molecule has 0 fully saturated rings. The first-order valence-electron chi connectivity index (χ1n) is 3.87. The zero-order chi connectivity index (χ0) is 10.3. The van der Waals surface area contributed by atoms with Crippen LogP contribution in [0.4, 0.5) is 10.1 Å². The van der Waals surface area contributed by atoms with Gasteiger partial charge in [-0.3, -0.25) is 4.79 Å². The van der Waals surface area contributed by atoms with E-state index in [4.69, 9.17) is 15.9 Å². The number of nitrogens with two attached hydrogens (primary N) is 2. The molecule has 1 heterocycles. The van der Waals surface area contributed by atoms with Gasteiger partial charge in [-0.1, -0.05) is 6.07 Å². The average Bonchev–Trinajstić information content (AvgIpc) is 2.45. The van der Waals surface area contributed by atoms with E-state index >= 15 is 0 Å². The Balaban J connectivity index is 2.87. The maximum atomic E-state index is 13.5. The van der Waals surface area contributed by atoms with Gasteiger partial charge in [0, 0.05) is 5.69 Å². The van der Waals surface area contributed by atoms with E-state index in [9.17, 15) is 9.18 Å². The molecule has 4 N–H and O–H groups in total. The van der Waals surface area contributed by atoms with Crippen LogP contribution in [0.25, 0.3) is 11.0 Å². The monoisotopic (exact) mass is 194 g/mol. The van der Waals surface area contributed by atoms with Gasteiger partial charge in [-0.05, 0) is 12.1 Å². The second-order valence-electron chi connectivity index (χ2n) is 2.83. The fourth-order valence-corrected chi connectivity index (χ4v) is 1.29. The Bertz CT molecular complexity index is 519. The van der Waals surface area contributed by atoms with E-state index in [0.717, 1.165) is 0 Å². The van der Waals surface area contributed by atoms with Gasteiger partial charge in [-0.2, -0.15) is 0 Å². The highest BCUT2D eigenvalue weighted by Crippen LogP contribution is 2.28. The lowest BCUT2D eigenvalue weighted by molar-refractivity contribution is 0.0970. The van der Waals surface area contributed by atoms with E-state index in [-0.39, 0.29) is 16.7 Å². The molecule has 1 amide bonds. The number of hydrogen-bond donors (Lipinski definition) is 2. The lowest BCUT2D eigenvalue weighted by Gasteiger charge is -1.92. The molecule has 5 heteroatoms. The highest BCUT2D eigenvalue weighted by atomic mass is 19.1. The number of halogens is 1. The SMILES string of the molecule is NC(=O)c1oc2cccc(N)c2c1F. The number of rotatable bonds is 1. The van der Waals surface area contributed by atoms with Crippen molar-refractivity contribution in [3.8, 4) is 0 Å². The minimum Gasteiger partial charge on any atom is -0.448 e. The second-order valence-corrected chi connectivity index (χ2v) is 2.83. The van der Waals surface area contributed by atoms with Crippen LogP contribution in [0.3, 0.4) is 0 Å². The maximum absolute atomic E-state index is 13.5. The molecule has 2 aromatic rings. The van der Waals surface area contributed by atoms with Crippen LogP contribution in [-0.2, 0) is 0 Å². The molecule has 4 nitrogen and oxygen atoms in total. The molecule has 0 aliphatic carbocycles. The Kier molecular flexibility index (Phi) is 1.67. The van der Waals surface area contributed by atoms with Crippen molar-refractivity contribution in [3.63, 3.8) is 0 Å². The minimum absolute atomic E-state index is 0.0984. The van der Waals surface area contributed by atoms with Gasteiger partial charge in [-0.15, -0.1) is 0 Å². The van der Waals surface area contributed by atoms with Gasteiger partial charge in [0.25, 0.3) is 5.91 Å². The van der Waals surface area contributed by atoms with Crippen LogP contribution in [0.2, 0.25) is 0 Å². The number of carbonyl (C=O) groups is 1. The summed E-state index contributed by atoms with van der Waals surface area (Å²) in [7, 11) is 0. The summed E-state index contributed by atoms with van der Waals surface area (Å²) >= 11 is 0. The van der Waals surface area contributed by atoms with Crippen molar-refractivity contribution >= 4 is 22.6 Å². The Morgan fingerprint density at radius 3 is 2.71 bits per heavy atom. The normalized spacial score (nSPS) is 10.6. The van der Waals surface area contributed by atoms with Crippen molar-refractivity contribution in [1.82, 2.24) is 0 Å². The van der Waals surface area contributed by atoms with Gasteiger partial charge in [0.15, 0.2) is 5.82 Å². The van der Waals surface area contributed by atoms with E-state index in [2.05, 4.69) is 0 Å². The Morgan fingerprint density at radius 1 is 1.43 bits per heavy atom. The zero-order valence-corrected chi connectivity index (χ0v) is 7.08. The number of carbonyl (C=O) groups excluding carboxylic acids is 1. The third-order valence-corrected chi connectivity index (χ3v) is 1.91. The smallest absolute Gasteiger partial charge is 0.287 e. The van der Waals surface area contributed by atoms with Crippen LogP contribution < -0.4 is 11.5 Å². The number of furan rings is 1. The predicted molar refractivity (Wildman–Crippen MR) is 49.1 cm³/mol. The largest absolute Gasteiger partial charge is 0.448 e. The summed E-state index contributed by atoms with van der Waals surface area (Å²) < 4.78 is 18.4. The minimum atomic E-state index is -0.946. The third-order valence-electron chi connectivity index (χ3n) is 1.91. The summed E-state index contributed by atoms with van der Waals surface area (Å²) in [4.78, 5) is 10.8. The summed E-state index contributed by atoms with van der Waals surface area (Å²) in [5.74, 6) is -2.23. The maximum Gasteiger partial charge on any atom is 0.287 e. The molecule has 0 aliphatic heterocycles. The van der Waals surface area contributed by atoms with E-state index in [1.54, 1.807) is 6.07 Å². The van der Waals surface area contributed by atoms with E-state index in [1.165, 1.54) is 12.1 Å². The zero-order valence-electron chi connectivity index (χ0n) is 7.08. The topological polar surface area (TPSA) is 82.2 Å². The summed E-state index contributed by atoms with van der Waals surface area (Å²) in [6.07, 6.45) is 0. The Hall–Kier alpha value is -2.04. The first-order valence-corrected chi connectivity index (χ1v) is 3.87. The number of hydrogen-bond acceptors (Lipinski definition) is 3. The molecular weight excluding hydrogens is 187 g/mol. The van der Waals surface area contributed by atoms with Gasteiger partial charge in [0.2, 0.25) is 5.76 Å². The van der Waals surface area contributed by atoms with Gasteiger partial charge in [0.1, 0.15) is 5.58 Å². The lowest BCUT2D eigenvalue weighted by atomic mass is 10.2. The molecule has 14 heavy (non-hydrogen) atoms.